The molecule has 0 spiro atoms. The lowest BCUT2D eigenvalue weighted by Crippen LogP contribution is -2.38. The Labute approximate surface area is 144 Å². The molecule has 1 aliphatic heterocycles. The van der Waals surface area contributed by atoms with Crippen molar-refractivity contribution in [3.05, 3.63) is 70.2 Å². The monoisotopic (exact) mass is 370 g/mol. The normalized spacial score (nSPS) is 17.7. The van der Waals surface area contributed by atoms with Crippen LogP contribution in [0.1, 0.15) is 17.5 Å². The molecular weight excluding hydrogens is 352 g/mol. The number of halogens is 1. The van der Waals surface area contributed by atoms with Gasteiger partial charge in [-0.15, -0.1) is 0 Å². The van der Waals surface area contributed by atoms with Gasteiger partial charge < -0.3 is 10.6 Å². The van der Waals surface area contributed by atoms with Gasteiger partial charge in [-0.1, -0.05) is 52.3 Å². The van der Waals surface area contributed by atoms with E-state index in [9.17, 15) is 4.79 Å². The number of nitrogen functional groups attached to an aromatic ring is 1. The second kappa shape index (κ2) is 7.01. The van der Waals surface area contributed by atoms with Gasteiger partial charge in [0, 0.05) is 22.3 Å². The molecule has 2 aromatic rings. The molecule has 3 nitrogen and oxygen atoms in total. The van der Waals surface area contributed by atoms with Gasteiger partial charge in [0.2, 0.25) is 6.41 Å². The molecular formula is C19H19BrN2O. The van der Waals surface area contributed by atoms with Crippen LogP contribution in [0.15, 0.2) is 59.1 Å². The van der Waals surface area contributed by atoms with Crippen molar-refractivity contribution in [2.45, 2.75) is 18.9 Å². The molecule has 1 heterocycles. The van der Waals surface area contributed by atoms with Gasteiger partial charge in [0.1, 0.15) is 0 Å². The van der Waals surface area contributed by atoms with E-state index in [0.717, 1.165) is 41.5 Å². The van der Waals surface area contributed by atoms with Gasteiger partial charge in [-0.05, 0) is 42.2 Å². The van der Waals surface area contributed by atoms with E-state index >= 15 is 0 Å². The first-order valence-corrected chi connectivity index (χ1v) is 8.48. The molecule has 118 valence electrons. The molecule has 1 unspecified atom stereocenters. The van der Waals surface area contributed by atoms with Gasteiger partial charge in [0.25, 0.3) is 0 Å². The van der Waals surface area contributed by atoms with Gasteiger partial charge in [-0.2, -0.15) is 0 Å². The Balaban J connectivity index is 1.92. The number of anilines is 1. The van der Waals surface area contributed by atoms with Crippen LogP contribution in [0.4, 0.5) is 5.69 Å². The Hall–Kier alpha value is -2.07. The molecule has 1 aliphatic rings. The average Bonchev–Trinajstić information content (AvgIpc) is 2.58. The van der Waals surface area contributed by atoms with Crippen LogP contribution in [-0.2, 0) is 11.2 Å². The van der Waals surface area contributed by atoms with Crippen molar-refractivity contribution in [1.82, 2.24) is 4.90 Å². The number of carbonyl (C=O) groups is 1. The molecule has 0 saturated heterocycles. The Morgan fingerprint density at radius 2 is 2.00 bits per heavy atom. The highest BCUT2D eigenvalue weighted by Crippen LogP contribution is 2.31. The van der Waals surface area contributed by atoms with Crippen LogP contribution in [0.25, 0.3) is 5.57 Å². The molecule has 0 aliphatic carbocycles. The highest BCUT2D eigenvalue weighted by Gasteiger charge is 2.22. The zero-order valence-corrected chi connectivity index (χ0v) is 14.4. The van der Waals surface area contributed by atoms with E-state index in [1.54, 1.807) is 0 Å². The summed E-state index contributed by atoms with van der Waals surface area (Å²) in [5.41, 5.74) is 10.4. The summed E-state index contributed by atoms with van der Waals surface area (Å²) in [5, 5.41) is 0. The molecule has 0 saturated carbocycles. The van der Waals surface area contributed by atoms with Crippen molar-refractivity contribution in [1.29, 1.82) is 0 Å². The quantitative estimate of drug-likeness (QED) is 0.655. The first-order valence-electron chi connectivity index (χ1n) is 7.68. The summed E-state index contributed by atoms with van der Waals surface area (Å²) < 4.78 is 1.01. The van der Waals surface area contributed by atoms with E-state index in [1.165, 1.54) is 11.1 Å². The number of nitrogens with two attached hydrogens (primary N) is 1. The maximum absolute atomic E-state index is 11.4. The Morgan fingerprint density at radius 1 is 1.22 bits per heavy atom. The molecule has 2 N–H and O–H groups in total. The fourth-order valence-electron chi connectivity index (χ4n) is 3.02. The molecule has 1 amide bonds. The molecule has 3 rings (SSSR count). The summed E-state index contributed by atoms with van der Waals surface area (Å²) in [6.07, 6.45) is 4.77. The molecule has 23 heavy (non-hydrogen) atoms. The van der Waals surface area contributed by atoms with Crippen LogP contribution in [0.5, 0.6) is 0 Å². The van der Waals surface area contributed by atoms with Gasteiger partial charge in [0.15, 0.2) is 0 Å². The van der Waals surface area contributed by atoms with E-state index < -0.39 is 0 Å². The van der Waals surface area contributed by atoms with Gasteiger partial charge in [0.05, 0.1) is 6.04 Å². The molecule has 0 fully saturated rings. The number of hydrogen-bond acceptors (Lipinski definition) is 2. The molecule has 1 atom stereocenters. The highest BCUT2D eigenvalue weighted by molar-refractivity contribution is 9.10. The van der Waals surface area contributed by atoms with Gasteiger partial charge >= 0.3 is 0 Å². The van der Waals surface area contributed by atoms with E-state index in [-0.39, 0.29) is 6.04 Å². The lowest BCUT2D eigenvalue weighted by Gasteiger charge is -2.32. The first-order chi connectivity index (χ1) is 11.2. The van der Waals surface area contributed by atoms with Crippen LogP contribution >= 0.6 is 15.9 Å². The molecule has 0 aromatic heterocycles. The average molecular weight is 371 g/mol. The lowest BCUT2D eigenvalue weighted by atomic mass is 9.92. The Morgan fingerprint density at radius 3 is 2.74 bits per heavy atom. The summed E-state index contributed by atoms with van der Waals surface area (Å²) in [7, 11) is 0. The summed E-state index contributed by atoms with van der Waals surface area (Å²) in [6, 6.07) is 16.2. The number of amides is 1. The highest BCUT2D eigenvalue weighted by atomic mass is 79.9. The molecule has 0 bridgehead atoms. The molecule has 2 aromatic carbocycles. The van der Waals surface area contributed by atoms with E-state index in [2.05, 4.69) is 40.2 Å². The predicted octanol–water partition coefficient (Wildman–Crippen LogP) is 3.89. The standard InChI is InChI=1S/C19H19BrN2O/c20-16-6-7-19(21)18(12-16)15-8-9-22(13-23)17(11-15)10-14-4-2-1-3-5-14/h1-7,11-13,17H,8-10,21H2. The summed E-state index contributed by atoms with van der Waals surface area (Å²) in [5.74, 6) is 0. The minimum atomic E-state index is 0.0667. The first kappa shape index (κ1) is 15.8. The van der Waals surface area contributed by atoms with Crippen molar-refractivity contribution < 1.29 is 4.79 Å². The van der Waals surface area contributed by atoms with Crippen molar-refractivity contribution in [3.63, 3.8) is 0 Å². The minimum Gasteiger partial charge on any atom is -0.398 e. The third kappa shape index (κ3) is 3.64. The van der Waals surface area contributed by atoms with E-state index in [4.69, 9.17) is 5.73 Å². The number of benzene rings is 2. The predicted molar refractivity (Wildman–Crippen MR) is 97.9 cm³/mol. The van der Waals surface area contributed by atoms with E-state index in [1.807, 2.05) is 35.2 Å². The van der Waals surface area contributed by atoms with Gasteiger partial charge in [-0.25, -0.2) is 0 Å². The second-order valence-corrected chi connectivity index (χ2v) is 6.69. The number of carbonyl (C=O) groups excluding carboxylic acids is 1. The lowest BCUT2D eigenvalue weighted by molar-refractivity contribution is -0.119. The summed E-state index contributed by atoms with van der Waals surface area (Å²) >= 11 is 3.51. The topological polar surface area (TPSA) is 46.3 Å². The van der Waals surface area contributed by atoms with Crippen molar-refractivity contribution in [2.75, 3.05) is 12.3 Å². The SMILES string of the molecule is Nc1ccc(Br)cc1C1=CC(Cc2ccccc2)N(C=O)CC1. The maximum Gasteiger partial charge on any atom is 0.210 e. The summed E-state index contributed by atoms with van der Waals surface area (Å²) in [6.45, 7) is 0.721. The van der Waals surface area contributed by atoms with Crippen molar-refractivity contribution >= 4 is 33.6 Å². The number of nitrogens with zero attached hydrogens (tertiary/aromatic N) is 1. The minimum absolute atomic E-state index is 0.0667. The smallest absolute Gasteiger partial charge is 0.210 e. The fourth-order valence-corrected chi connectivity index (χ4v) is 3.38. The van der Waals surface area contributed by atoms with Crippen LogP contribution in [0.3, 0.4) is 0 Å². The maximum atomic E-state index is 11.4. The number of rotatable bonds is 4. The number of hydrogen-bond donors (Lipinski definition) is 1. The van der Waals surface area contributed by atoms with Gasteiger partial charge in [-0.3, -0.25) is 4.79 Å². The second-order valence-electron chi connectivity index (χ2n) is 5.77. The Bertz CT molecular complexity index is 727. The third-order valence-electron chi connectivity index (χ3n) is 4.24. The van der Waals surface area contributed by atoms with Crippen LogP contribution < -0.4 is 5.73 Å². The van der Waals surface area contributed by atoms with Crippen molar-refractivity contribution in [2.24, 2.45) is 0 Å². The van der Waals surface area contributed by atoms with Crippen LogP contribution in [0.2, 0.25) is 0 Å². The Kier molecular flexibility index (Phi) is 4.82. The van der Waals surface area contributed by atoms with Crippen molar-refractivity contribution in [3.8, 4) is 0 Å². The summed E-state index contributed by atoms with van der Waals surface area (Å²) in [4.78, 5) is 13.3. The van der Waals surface area contributed by atoms with E-state index in [0.29, 0.717) is 0 Å². The zero-order chi connectivity index (χ0) is 16.2. The largest absolute Gasteiger partial charge is 0.398 e. The fraction of sp³-hybridized carbons (Fsp3) is 0.211. The van der Waals surface area contributed by atoms with Crippen LogP contribution in [-0.4, -0.2) is 23.9 Å². The molecule has 4 heteroatoms. The third-order valence-corrected chi connectivity index (χ3v) is 4.74. The zero-order valence-electron chi connectivity index (χ0n) is 12.8. The molecule has 0 radical (unpaired) electrons. The van der Waals surface area contributed by atoms with Crippen LogP contribution in [0, 0.1) is 0 Å².